The van der Waals surface area contributed by atoms with Crippen molar-refractivity contribution in [2.24, 2.45) is 0 Å². The molecule has 0 radical (unpaired) electrons. The Kier molecular flexibility index (Phi) is 3.51. The number of hydrogen-bond donors (Lipinski definition) is 0. The number of hydrogen-bond acceptors (Lipinski definition) is 3. The van der Waals surface area contributed by atoms with Gasteiger partial charge in [0.15, 0.2) is 5.60 Å². The normalized spacial score (nSPS) is 11.6. The molecule has 0 bridgehead atoms. The van der Waals surface area contributed by atoms with E-state index in [9.17, 15) is 0 Å². The molecule has 19 heavy (non-hydrogen) atoms. The van der Waals surface area contributed by atoms with Gasteiger partial charge in [-0.1, -0.05) is 42.5 Å². The van der Waals surface area contributed by atoms with Gasteiger partial charge in [-0.05, 0) is 28.5 Å². The summed E-state index contributed by atoms with van der Waals surface area (Å²) < 4.78 is 6.03. The van der Waals surface area contributed by atoms with Crippen LogP contribution in [0.2, 0.25) is 0 Å². The molecule has 0 saturated carbocycles. The molecule has 0 aliphatic rings. The summed E-state index contributed by atoms with van der Waals surface area (Å²) >= 11 is 3.46. The molecule has 3 rings (SSSR count). The first-order chi connectivity index (χ1) is 9.38. The molecular formula is C16H14OS2. The number of thiophene rings is 2. The van der Waals surface area contributed by atoms with Crippen LogP contribution in [-0.2, 0) is 10.3 Å². The minimum absolute atomic E-state index is 0.483. The molecule has 0 saturated heterocycles. The van der Waals surface area contributed by atoms with Crippen molar-refractivity contribution in [3.8, 4) is 0 Å². The van der Waals surface area contributed by atoms with Gasteiger partial charge in [-0.15, -0.1) is 22.7 Å². The summed E-state index contributed by atoms with van der Waals surface area (Å²) in [5.41, 5.74) is 0.686. The van der Waals surface area contributed by atoms with E-state index >= 15 is 0 Å². The molecule has 1 nitrogen and oxygen atoms in total. The minimum atomic E-state index is -0.483. The molecule has 3 aromatic rings. The third-order valence-electron chi connectivity index (χ3n) is 3.22. The van der Waals surface area contributed by atoms with Crippen LogP contribution in [0.3, 0.4) is 0 Å². The van der Waals surface area contributed by atoms with Crippen LogP contribution in [0.1, 0.15) is 15.3 Å². The highest BCUT2D eigenvalue weighted by Crippen LogP contribution is 2.43. The molecule has 96 valence electrons. The first kappa shape index (κ1) is 12.6. The summed E-state index contributed by atoms with van der Waals surface area (Å²) in [5, 5.41) is 4.19. The summed E-state index contributed by atoms with van der Waals surface area (Å²) in [6.45, 7) is 0. The second-order valence-corrected chi connectivity index (χ2v) is 6.10. The first-order valence-electron chi connectivity index (χ1n) is 6.06. The minimum Gasteiger partial charge on any atom is -0.362 e. The van der Waals surface area contributed by atoms with E-state index < -0.39 is 5.60 Å². The molecule has 1 aromatic carbocycles. The number of ether oxygens (including phenoxy) is 1. The van der Waals surface area contributed by atoms with Gasteiger partial charge in [0.1, 0.15) is 0 Å². The zero-order valence-electron chi connectivity index (χ0n) is 10.6. The standard InChI is InChI=1S/C16H14OS2/c1-17-16(14-9-5-11-18-14,15-10-6-12-19-15)13-7-3-2-4-8-13/h2-12H,1H3. The van der Waals surface area contributed by atoms with Crippen LogP contribution in [0.25, 0.3) is 0 Å². The van der Waals surface area contributed by atoms with Gasteiger partial charge in [-0.2, -0.15) is 0 Å². The maximum atomic E-state index is 6.03. The Morgan fingerprint density at radius 3 is 1.79 bits per heavy atom. The van der Waals surface area contributed by atoms with Crippen molar-refractivity contribution in [3.63, 3.8) is 0 Å². The van der Waals surface area contributed by atoms with Gasteiger partial charge in [0, 0.05) is 16.9 Å². The van der Waals surface area contributed by atoms with Gasteiger partial charge in [0.25, 0.3) is 0 Å². The van der Waals surface area contributed by atoms with Crippen LogP contribution in [0.15, 0.2) is 65.4 Å². The molecule has 0 aliphatic heterocycles. The lowest BCUT2D eigenvalue weighted by Gasteiger charge is -2.31. The van der Waals surface area contributed by atoms with Crippen LogP contribution >= 0.6 is 22.7 Å². The predicted molar refractivity (Wildman–Crippen MR) is 82.0 cm³/mol. The van der Waals surface area contributed by atoms with E-state index in [1.807, 2.05) is 6.07 Å². The van der Waals surface area contributed by atoms with E-state index in [4.69, 9.17) is 4.74 Å². The molecule has 0 spiro atoms. The van der Waals surface area contributed by atoms with E-state index in [0.717, 1.165) is 0 Å². The van der Waals surface area contributed by atoms with E-state index in [1.54, 1.807) is 29.8 Å². The lowest BCUT2D eigenvalue weighted by Crippen LogP contribution is -2.29. The SMILES string of the molecule is COC(c1ccccc1)(c1cccs1)c1cccs1. The van der Waals surface area contributed by atoms with Gasteiger partial charge in [0.05, 0.1) is 0 Å². The first-order valence-corrected chi connectivity index (χ1v) is 7.82. The van der Waals surface area contributed by atoms with E-state index in [2.05, 4.69) is 59.3 Å². The summed E-state index contributed by atoms with van der Waals surface area (Å²) in [7, 11) is 1.78. The zero-order chi connectivity index (χ0) is 13.1. The van der Waals surface area contributed by atoms with Gasteiger partial charge in [0.2, 0.25) is 0 Å². The Morgan fingerprint density at radius 2 is 1.37 bits per heavy atom. The van der Waals surface area contributed by atoms with Gasteiger partial charge in [-0.3, -0.25) is 0 Å². The molecule has 0 fully saturated rings. The lowest BCUT2D eigenvalue weighted by atomic mass is 9.90. The molecule has 3 heteroatoms. The zero-order valence-corrected chi connectivity index (χ0v) is 12.2. The number of methoxy groups -OCH3 is 1. The summed E-state index contributed by atoms with van der Waals surface area (Å²) in [5.74, 6) is 0. The second kappa shape index (κ2) is 5.29. The van der Waals surface area contributed by atoms with Crippen LogP contribution < -0.4 is 0 Å². The Bertz CT molecular complexity index is 578. The molecule has 0 unspecified atom stereocenters. The van der Waals surface area contributed by atoms with Gasteiger partial charge in [-0.25, -0.2) is 0 Å². The van der Waals surface area contributed by atoms with Crippen molar-refractivity contribution in [2.45, 2.75) is 5.60 Å². The predicted octanol–water partition coefficient (Wildman–Crippen LogP) is 4.75. The highest BCUT2D eigenvalue weighted by atomic mass is 32.1. The molecule has 0 aliphatic carbocycles. The average molecular weight is 286 g/mol. The lowest BCUT2D eigenvalue weighted by molar-refractivity contribution is 0.0647. The van der Waals surface area contributed by atoms with Crippen LogP contribution in [-0.4, -0.2) is 7.11 Å². The van der Waals surface area contributed by atoms with Crippen molar-refractivity contribution in [2.75, 3.05) is 7.11 Å². The fraction of sp³-hybridized carbons (Fsp3) is 0.125. The maximum Gasteiger partial charge on any atom is 0.161 e. The Labute approximate surface area is 121 Å². The quantitative estimate of drug-likeness (QED) is 0.672. The van der Waals surface area contributed by atoms with Crippen molar-refractivity contribution in [1.82, 2.24) is 0 Å². The molecular weight excluding hydrogens is 272 g/mol. The van der Waals surface area contributed by atoms with Gasteiger partial charge < -0.3 is 4.74 Å². The van der Waals surface area contributed by atoms with Crippen molar-refractivity contribution in [3.05, 3.63) is 80.7 Å². The molecule has 0 N–H and O–H groups in total. The topological polar surface area (TPSA) is 9.23 Å². The highest BCUT2D eigenvalue weighted by Gasteiger charge is 2.38. The second-order valence-electron chi connectivity index (χ2n) is 4.21. The average Bonchev–Trinajstić information content (AvgIpc) is 3.15. The van der Waals surface area contributed by atoms with E-state index in [0.29, 0.717) is 0 Å². The fourth-order valence-electron chi connectivity index (χ4n) is 2.36. The summed E-state index contributed by atoms with van der Waals surface area (Å²) in [6.07, 6.45) is 0. The van der Waals surface area contributed by atoms with Gasteiger partial charge >= 0.3 is 0 Å². The smallest absolute Gasteiger partial charge is 0.161 e. The van der Waals surface area contributed by atoms with Crippen molar-refractivity contribution < 1.29 is 4.74 Å². The highest BCUT2D eigenvalue weighted by molar-refractivity contribution is 7.11. The summed E-state index contributed by atoms with van der Waals surface area (Å²) in [6, 6.07) is 18.8. The van der Waals surface area contributed by atoms with Crippen LogP contribution in [0.5, 0.6) is 0 Å². The largest absolute Gasteiger partial charge is 0.362 e. The Balaban J connectivity index is 2.26. The number of rotatable bonds is 4. The third-order valence-corrected chi connectivity index (χ3v) is 5.16. The molecule has 2 heterocycles. The number of benzene rings is 1. The molecule has 0 amide bonds. The Hall–Kier alpha value is -1.42. The van der Waals surface area contributed by atoms with Crippen LogP contribution in [0, 0.1) is 0 Å². The molecule has 0 atom stereocenters. The van der Waals surface area contributed by atoms with Crippen LogP contribution in [0.4, 0.5) is 0 Å². The maximum absolute atomic E-state index is 6.03. The van der Waals surface area contributed by atoms with Crippen molar-refractivity contribution in [1.29, 1.82) is 0 Å². The third kappa shape index (κ3) is 2.04. The monoisotopic (exact) mass is 286 g/mol. The van der Waals surface area contributed by atoms with Crippen molar-refractivity contribution >= 4 is 22.7 Å². The fourth-order valence-corrected chi connectivity index (χ4v) is 4.30. The molecule has 2 aromatic heterocycles. The Morgan fingerprint density at radius 1 is 0.789 bits per heavy atom. The van der Waals surface area contributed by atoms with E-state index in [-0.39, 0.29) is 0 Å². The van der Waals surface area contributed by atoms with E-state index in [1.165, 1.54) is 15.3 Å². The summed E-state index contributed by atoms with van der Waals surface area (Å²) in [4.78, 5) is 2.42.